The third-order valence-corrected chi connectivity index (χ3v) is 5.02. The van der Waals surface area contributed by atoms with Crippen molar-refractivity contribution in [2.45, 2.75) is 59.4 Å². The van der Waals surface area contributed by atoms with E-state index in [1.54, 1.807) is 0 Å². The van der Waals surface area contributed by atoms with Crippen LogP contribution in [0.3, 0.4) is 0 Å². The van der Waals surface area contributed by atoms with Crippen molar-refractivity contribution in [1.29, 1.82) is 0 Å². The molecule has 0 aliphatic rings. The molecule has 1 atom stereocenters. The minimum absolute atomic E-state index is 0.151. The Balaban J connectivity index is 2.95. The first-order valence-electron chi connectivity index (χ1n) is 6.04. The number of hydrogen-bond donors (Lipinski definition) is 1. The largest absolute Gasteiger partial charge is 0.323 e. The van der Waals surface area contributed by atoms with Crippen molar-refractivity contribution in [3.05, 3.63) is 21.9 Å². The summed E-state index contributed by atoms with van der Waals surface area (Å²) in [5, 5.41) is 0. The van der Waals surface area contributed by atoms with Gasteiger partial charge in [-0.2, -0.15) is 0 Å². The van der Waals surface area contributed by atoms with Gasteiger partial charge in [0.05, 0.1) is 0 Å². The number of thiophene rings is 1. The lowest BCUT2D eigenvalue weighted by atomic mass is 9.82. The average Bonchev–Trinajstić information content (AvgIpc) is 2.64. The predicted molar refractivity (Wildman–Crippen MR) is 74.0 cm³/mol. The molecule has 2 heteroatoms. The van der Waals surface area contributed by atoms with E-state index < -0.39 is 0 Å². The van der Waals surface area contributed by atoms with Gasteiger partial charge in [0.2, 0.25) is 0 Å². The summed E-state index contributed by atoms with van der Waals surface area (Å²) in [6.07, 6.45) is 1.11. The summed E-state index contributed by atoms with van der Waals surface area (Å²) < 4.78 is 0. The third kappa shape index (κ3) is 2.86. The summed E-state index contributed by atoms with van der Waals surface area (Å²) in [5.74, 6) is 0. The molecule has 0 aromatic carbocycles. The zero-order valence-corrected chi connectivity index (χ0v) is 12.2. The van der Waals surface area contributed by atoms with Crippen LogP contribution < -0.4 is 5.73 Å². The van der Waals surface area contributed by atoms with Crippen LogP contribution in [-0.2, 0) is 5.41 Å². The fraction of sp³-hybridized carbons (Fsp3) is 0.714. The van der Waals surface area contributed by atoms with Crippen molar-refractivity contribution < 1.29 is 0 Å². The molecule has 0 fully saturated rings. The first kappa shape index (κ1) is 13.7. The molecule has 0 amide bonds. The molecule has 1 unspecified atom stereocenters. The Morgan fingerprint density at radius 2 is 1.75 bits per heavy atom. The van der Waals surface area contributed by atoms with E-state index in [2.05, 4.69) is 53.7 Å². The number of rotatable bonds is 3. The standard InChI is InChI=1S/C14H25NS/c1-7-14(5,6)12(15)10-8-9-11(16-10)13(2,3)4/h8-9,12H,7,15H2,1-6H3. The predicted octanol–water partition coefficient (Wildman–Crippen LogP) is 4.48. The minimum Gasteiger partial charge on any atom is -0.323 e. The zero-order valence-electron chi connectivity index (χ0n) is 11.4. The summed E-state index contributed by atoms with van der Waals surface area (Å²) in [6, 6.07) is 4.58. The molecule has 0 bridgehead atoms. The fourth-order valence-corrected chi connectivity index (χ4v) is 2.81. The van der Waals surface area contributed by atoms with Gasteiger partial charge in [-0.05, 0) is 29.4 Å². The van der Waals surface area contributed by atoms with Gasteiger partial charge in [0, 0.05) is 15.8 Å². The lowest BCUT2D eigenvalue weighted by molar-refractivity contribution is 0.281. The van der Waals surface area contributed by atoms with Crippen molar-refractivity contribution in [3.63, 3.8) is 0 Å². The van der Waals surface area contributed by atoms with Crippen LogP contribution in [0.5, 0.6) is 0 Å². The molecule has 0 spiro atoms. The molecule has 16 heavy (non-hydrogen) atoms. The quantitative estimate of drug-likeness (QED) is 0.827. The Kier molecular flexibility index (Phi) is 3.86. The lowest BCUT2D eigenvalue weighted by Gasteiger charge is -2.29. The molecule has 92 valence electrons. The van der Waals surface area contributed by atoms with Gasteiger partial charge in [0.1, 0.15) is 0 Å². The Morgan fingerprint density at radius 3 is 2.12 bits per heavy atom. The third-order valence-electron chi connectivity index (χ3n) is 3.43. The smallest absolute Gasteiger partial charge is 0.0441 e. The molecule has 2 N–H and O–H groups in total. The second-order valence-electron chi connectivity index (χ2n) is 6.27. The fourth-order valence-electron chi connectivity index (χ4n) is 1.53. The molecular weight excluding hydrogens is 214 g/mol. The maximum absolute atomic E-state index is 6.35. The summed E-state index contributed by atoms with van der Waals surface area (Å²) in [4.78, 5) is 2.74. The van der Waals surface area contributed by atoms with E-state index in [1.165, 1.54) is 9.75 Å². The maximum Gasteiger partial charge on any atom is 0.0441 e. The highest BCUT2D eigenvalue weighted by Crippen LogP contribution is 2.39. The monoisotopic (exact) mass is 239 g/mol. The molecule has 1 aromatic heterocycles. The van der Waals surface area contributed by atoms with E-state index in [0.29, 0.717) is 0 Å². The SMILES string of the molecule is CCC(C)(C)C(N)c1ccc(C(C)(C)C)s1. The van der Waals surface area contributed by atoms with Crippen molar-refractivity contribution >= 4 is 11.3 Å². The van der Waals surface area contributed by atoms with Crippen LogP contribution in [0.1, 0.15) is 63.8 Å². The van der Waals surface area contributed by atoms with E-state index in [9.17, 15) is 0 Å². The van der Waals surface area contributed by atoms with Gasteiger partial charge in [-0.25, -0.2) is 0 Å². The van der Waals surface area contributed by atoms with Crippen LogP contribution in [-0.4, -0.2) is 0 Å². The van der Waals surface area contributed by atoms with Crippen molar-refractivity contribution in [2.24, 2.45) is 11.1 Å². The van der Waals surface area contributed by atoms with Crippen LogP contribution in [0.15, 0.2) is 12.1 Å². The van der Waals surface area contributed by atoms with Gasteiger partial charge in [-0.1, -0.05) is 41.5 Å². The van der Waals surface area contributed by atoms with Gasteiger partial charge >= 0.3 is 0 Å². The highest BCUT2D eigenvalue weighted by Gasteiger charge is 2.28. The summed E-state index contributed by atoms with van der Waals surface area (Å²) >= 11 is 1.87. The second kappa shape index (κ2) is 4.50. The van der Waals surface area contributed by atoms with Gasteiger partial charge in [-0.15, -0.1) is 11.3 Å². The first-order valence-corrected chi connectivity index (χ1v) is 6.86. The highest BCUT2D eigenvalue weighted by atomic mass is 32.1. The zero-order chi connectivity index (χ0) is 12.6. The summed E-state index contributed by atoms with van der Waals surface area (Å²) in [5.41, 5.74) is 6.77. The molecule has 0 saturated heterocycles. The molecule has 1 aromatic rings. The Labute approximate surface area is 104 Å². The van der Waals surface area contributed by atoms with Gasteiger partial charge < -0.3 is 5.73 Å². The van der Waals surface area contributed by atoms with Gasteiger partial charge in [0.15, 0.2) is 0 Å². The molecule has 1 nitrogen and oxygen atoms in total. The van der Waals surface area contributed by atoms with E-state index in [4.69, 9.17) is 5.73 Å². The second-order valence-corrected chi connectivity index (χ2v) is 7.39. The van der Waals surface area contributed by atoms with Crippen molar-refractivity contribution in [3.8, 4) is 0 Å². The van der Waals surface area contributed by atoms with E-state index in [0.717, 1.165) is 6.42 Å². The molecule has 0 aliphatic carbocycles. The molecule has 1 rings (SSSR count). The number of nitrogens with two attached hydrogens (primary N) is 1. The van der Waals surface area contributed by atoms with Crippen LogP contribution in [0.25, 0.3) is 0 Å². The molecule has 0 aliphatic heterocycles. The average molecular weight is 239 g/mol. The topological polar surface area (TPSA) is 26.0 Å². The Morgan fingerprint density at radius 1 is 1.19 bits per heavy atom. The summed E-state index contributed by atoms with van der Waals surface area (Å²) in [6.45, 7) is 13.4. The van der Waals surface area contributed by atoms with Gasteiger partial charge in [-0.3, -0.25) is 0 Å². The normalized spacial score (nSPS) is 15.2. The molecule has 0 saturated carbocycles. The Bertz CT molecular complexity index is 344. The van der Waals surface area contributed by atoms with Crippen molar-refractivity contribution in [1.82, 2.24) is 0 Å². The lowest BCUT2D eigenvalue weighted by Crippen LogP contribution is -2.27. The van der Waals surface area contributed by atoms with Crippen LogP contribution >= 0.6 is 11.3 Å². The van der Waals surface area contributed by atoms with Crippen LogP contribution in [0, 0.1) is 5.41 Å². The number of hydrogen-bond acceptors (Lipinski definition) is 2. The van der Waals surface area contributed by atoms with E-state index in [-0.39, 0.29) is 16.9 Å². The van der Waals surface area contributed by atoms with Crippen LogP contribution in [0.4, 0.5) is 0 Å². The van der Waals surface area contributed by atoms with E-state index >= 15 is 0 Å². The van der Waals surface area contributed by atoms with Crippen LogP contribution in [0.2, 0.25) is 0 Å². The highest BCUT2D eigenvalue weighted by molar-refractivity contribution is 7.12. The van der Waals surface area contributed by atoms with E-state index in [1.807, 2.05) is 11.3 Å². The molecule has 0 radical (unpaired) electrons. The molecule has 1 heterocycles. The van der Waals surface area contributed by atoms with Gasteiger partial charge in [0.25, 0.3) is 0 Å². The van der Waals surface area contributed by atoms with Crippen molar-refractivity contribution in [2.75, 3.05) is 0 Å². The molecular formula is C14H25NS. The summed E-state index contributed by atoms with van der Waals surface area (Å²) in [7, 11) is 0. The maximum atomic E-state index is 6.35. The Hall–Kier alpha value is -0.340. The minimum atomic E-state index is 0.151. The first-order chi connectivity index (χ1) is 7.18.